The van der Waals surface area contributed by atoms with Crippen molar-refractivity contribution in [3.63, 3.8) is 0 Å². The summed E-state index contributed by atoms with van der Waals surface area (Å²) in [4.78, 5) is 12.7. The van der Waals surface area contributed by atoms with Gasteiger partial charge in [0.25, 0.3) is 0 Å². The molecule has 2 rings (SSSR count). The van der Waals surface area contributed by atoms with E-state index in [4.69, 9.17) is 9.47 Å². The van der Waals surface area contributed by atoms with Crippen molar-refractivity contribution in [2.24, 2.45) is 0 Å². The molecule has 21 heavy (non-hydrogen) atoms. The fraction of sp³-hybridized carbons (Fsp3) is 0.188. The molecule has 5 heteroatoms. The number of carbonyl (C=O) groups is 1. The number of methoxy groups -OCH3 is 2. The van der Waals surface area contributed by atoms with Crippen molar-refractivity contribution in [2.45, 2.75) is 6.92 Å². The second-order valence-corrected chi connectivity index (χ2v) is 6.19. The fourth-order valence-electron chi connectivity index (χ4n) is 1.96. The van der Waals surface area contributed by atoms with E-state index in [1.807, 2.05) is 13.0 Å². The lowest BCUT2D eigenvalue weighted by Crippen LogP contribution is -2.05. The number of halogens is 2. The molecule has 2 aromatic carbocycles. The first-order chi connectivity index (χ1) is 9.97. The molecule has 0 aliphatic heterocycles. The first-order valence-electron chi connectivity index (χ1n) is 6.20. The topological polar surface area (TPSA) is 35.5 Å². The summed E-state index contributed by atoms with van der Waals surface area (Å²) in [6, 6.07) is 8.87. The molecule has 0 N–H and O–H groups in total. The van der Waals surface area contributed by atoms with Gasteiger partial charge in [-0.25, -0.2) is 0 Å². The van der Waals surface area contributed by atoms with Crippen LogP contribution in [0.2, 0.25) is 0 Å². The number of hydrogen-bond donors (Lipinski definition) is 0. The van der Waals surface area contributed by atoms with Crippen molar-refractivity contribution in [3.8, 4) is 11.5 Å². The van der Waals surface area contributed by atoms with Crippen LogP contribution in [0.3, 0.4) is 0 Å². The number of rotatable bonds is 4. The smallest absolute Gasteiger partial charge is 0.196 e. The standard InChI is InChI=1S/C16H14Br2O3/c1-9-6-15(21-3)11(8-12(9)17)16(19)10-4-5-14(20-2)13(18)7-10/h4-8H,1-3H3. The Morgan fingerprint density at radius 3 is 2.19 bits per heavy atom. The number of hydrogen-bond acceptors (Lipinski definition) is 3. The van der Waals surface area contributed by atoms with Gasteiger partial charge in [0.1, 0.15) is 11.5 Å². The van der Waals surface area contributed by atoms with Gasteiger partial charge in [0.2, 0.25) is 0 Å². The Morgan fingerprint density at radius 1 is 0.952 bits per heavy atom. The summed E-state index contributed by atoms with van der Waals surface area (Å²) in [5.74, 6) is 1.15. The third-order valence-corrected chi connectivity index (χ3v) is 4.61. The molecule has 0 bridgehead atoms. The zero-order chi connectivity index (χ0) is 15.6. The normalized spacial score (nSPS) is 10.3. The van der Waals surface area contributed by atoms with Gasteiger partial charge in [-0.15, -0.1) is 0 Å². The molecular weight excluding hydrogens is 400 g/mol. The van der Waals surface area contributed by atoms with E-state index in [1.54, 1.807) is 38.5 Å². The van der Waals surface area contributed by atoms with Crippen LogP contribution in [0.15, 0.2) is 39.3 Å². The van der Waals surface area contributed by atoms with Crippen LogP contribution in [-0.4, -0.2) is 20.0 Å². The summed E-state index contributed by atoms with van der Waals surface area (Å²) >= 11 is 6.84. The van der Waals surface area contributed by atoms with Crippen molar-refractivity contribution < 1.29 is 14.3 Å². The van der Waals surface area contributed by atoms with Crippen LogP contribution in [0.1, 0.15) is 21.5 Å². The molecule has 0 fully saturated rings. The molecule has 0 saturated heterocycles. The molecular formula is C16H14Br2O3. The number of carbonyl (C=O) groups excluding carboxylic acids is 1. The minimum absolute atomic E-state index is 0.101. The molecule has 0 atom stereocenters. The van der Waals surface area contributed by atoms with Crippen molar-refractivity contribution >= 4 is 37.6 Å². The highest BCUT2D eigenvalue weighted by Crippen LogP contribution is 2.31. The van der Waals surface area contributed by atoms with Gasteiger partial charge < -0.3 is 9.47 Å². The summed E-state index contributed by atoms with van der Waals surface area (Å²) in [5.41, 5.74) is 2.10. The predicted molar refractivity (Wildman–Crippen MR) is 89.6 cm³/mol. The van der Waals surface area contributed by atoms with Crippen LogP contribution in [0, 0.1) is 6.92 Å². The maximum atomic E-state index is 12.7. The van der Waals surface area contributed by atoms with Gasteiger partial charge in [-0.2, -0.15) is 0 Å². The second kappa shape index (κ2) is 6.62. The Labute approximate surface area is 140 Å². The van der Waals surface area contributed by atoms with Gasteiger partial charge in [0.05, 0.1) is 24.3 Å². The Bertz CT molecular complexity index is 696. The van der Waals surface area contributed by atoms with Crippen molar-refractivity contribution in [1.82, 2.24) is 0 Å². The molecule has 0 amide bonds. The Hall–Kier alpha value is -1.33. The quantitative estimate of drug-likeness (QED) is 0.677. The minimum atomic E-state index is -0.101. The third kappa shape index (κ3) is 3.30. The summed E-state index contributed by atoms with van der Waals surface area (Å²) in [7, 11) is 3.14. The summed E-state index contributed by atoms with van der Waals surface area (Å²) in [6.45, 7) is 1.95. The van der Waals surface area contributed by atoms with Gasteiger partial charge in [-0.3, -0.25) is 4.79 Å². The van der Waals surface area contributed by atoms with E-state index in [-0.39, 0.29) is 5.78 Å². The maximum absolute atomic E-state index is 12.7. The van der Waals surface area contributed by atoms with Gasteiger partial charge in [-0.05, 0) is 58.7 Å². The Balaban J connectivity index is 2.49. The van der Waals surface area contributed by atoms with Crippen LogP contribution < -0.4 is 9.47 Å². The van der Waals surface area contributed by atoms with Gasteiger partial charge in [0, 0.05) is 10.0 Å². The number of benzene rings is 2. The van der Waals surface area contributed by atoms with Gasteiger partial charge in [0.15, 0.2) is 5.78 Å². The lowest BCUT2D eigenvalue weighted by Gasteiger charge is -2.11. The molecule has 0 aliphatic carbocycles. The van der Waals surface area contributed by atoms with E-state index >= 15 is 0 Å². The Morgan fingerprint density at radius 2 is 1.62 bits per heavy atom. The van der Waals surface area contributed by atoms with Crippen LogP contribution in [-0.2, 0) is 0 Å². The molecule has 0 saturated carbocycles. The first kappa shape index (κ1) is 16.0. The lowest BCUT2D eigenvalue weighted by molar-refractivity contribution is 0.103. The van der Waals surface area contributed by atoms with E-state index in [0.29, 0.717) is 22.6 Å². The van der Waals surface area contributed by atoms with E-state index < -0.39 is 0 Å². The molecule has 0 aliphatic rings. The van der Waals surface area contributed by atoms with E-state index in [1.165, 1.54) is 0 Å². The highest BCUT2D eigenvalue weighted by molar-refractivity contribution is 9.10. The monoisotopic (exact) mass is 412 g/mol. The van der Waals surface area contributed by atoms with Crippen LogP contribution in [0.25, 0.3) is 0 Å². The highest BCUT2D eigenvalue weighted by Gasteiger charge is 2.17. The zero-order valence-electron chi connectivity index (χ0n) is 11.9. The average Bonchev–Trinajstić information content (AvgIpc) is 2.48. The van der Waals surface area contributed by atoms with Crippen molar-refractivity contribution in [2.75, 3.05) is 14.2 Å². The largest absolute Gasteiger partial charge is 0.496 e. The molecule has 2 aromatic rings. The van der Waals surface area contributed by atoms with Gasteiger partial charge >= 0.3 is 0 Å². The van der Waals surface area contributed by atoms with Crippen molar-refractivity contribution in [1.29, 1.82) is 0 Å². The van der Waals surface area contributed by atoms with Crippen LogP contribution >= 0.6 is 31.9 Å². The number of aryl methyl sites for hydroxylation is 1. The molecule has 0 unspecified atom stereocenters. The van der Waals surface area contributed by atoms with E-state index in [2.05, 4.69) is 31.9 Å². The number of ether oxygens (including phenoxy) is 2. The third-order valence-electron chi connectivity index (χ3n) is 3.14. The van der Waals surface area contributed by atoms with Gasteiger partial charge in [-0.1, -0.05) is 15.9 Å². The molecule has 3 nitrogen and oxygen atoms in total. The molecule has 0 aromatic heterocycles. The van der Waals surface area contributed by atoms with Crippen LogP contribution in [0.5, 0.6) is 11.5 Å². The molecule has 0 spiro atoms. The van der Waals surface area contributed by atoms with Crippen molar-refractivity contribution in [3.05, 3.63) is 56.0 Å². The summed E-state index contributed by atoms with van der Waals surface area (Å²) in [5, 5.41) is 0. The van der Waals surface area contributed by atoms with E-state index in [9.17, 15) is 4.79 Å². The second-order valence-electron chi connectivity index (χ2n) is 4.48. The highest BCUT2D eigenvalue weighted by atomic mass is 79.9. The van der Waals surface area contributed by atoms with Crippen LogP contribution in [0.4, 0.5) is 0 Å². The summed E-state index contributed by atoms with van der Waals surface area (Å²) in [6.07, 6.45) is 0. The molecule has 0 heterocycles. The summed E-state index contributed by atoms with van der Waals surface area (Å²) < 4.78 is 12.1. The first-order valence-corrected chi connectivity index (χ1v) is 7.79. The van der Waals surface area contributed by atoms with E-state index in [0.717, 1.165) is 14.5 Å². The SMILES string of the molecule is COc1ccc(C(=O)c2cc(Br)c(C)cc2OC)cc1Br. The molecule has 0 radical (unpaired) electrons. The Kier molecular flexibility index (Phi) is 5.06. The average molecular weight is 414 g/mol. The predicted octanol–water partition coefficient (Wildman–Crippen LogP) is 4.77. The zero-order valence-corrected chi connectivity index (χ0v) is 15.0. The lowest BCUT2D eigenvalue weighted by atomic mass is 10.0. The maximum Gasteiger partial charge on any atom is 0.196 e. The number of ketones is 1. The molecule has 110 valence electrons. The fourth-order valence-corrected chi connectivity index (χ4v) is 2.85. The minimum Gasteiger partial charge on any atom is -0.496 e.